The van der Waals surface area contributed by atoms with Crippen molar-refractivity contribution in [3.63, 3.8) is 0 Å². The van der Waals surface area contributed by atoms with E-state index in [1.807, 2.05) is 43.3 Å². The number of amides is 2. The van der Waals surface area contributed by atoms with Crippen molar-refractivity contribution in [2.75, 3.05) is 19.7 Å². The molecule has 0 bridgehead atoms. The smallest absolute Gasteiger partial charge is 0.331 e. The van der Waals surface area contributed by atoms with E-state index in [4.69, 9.17) is 4.74 Å². The van der Waals surface area contributed by atoms with Crippen molar-refractivity contribution in [3.05, 3.63) is 70.6 Å². The SMILES string of the molecule is CCCCOc1ccc(CCCC2CCCN(C(=O)NS(=O)(=O)/C=C/c3ccccc3C)C2)cc1. The van der Waals surface area contributed by atoms with E-state index in [0.717, 1.165) is 73.8 Å². The summed E-state index contributed by atoms with van der Waals surface area (Å²) in [5, 5.41) is 1.06. The third-order valence-corrected chi connectivity index (χ3v) is 7.37. The highest BCUT2D eigenvalue weighted by Crippen LogP contribution is 2.23. The second-order valence-electron chi connectivity index (χ2n) is 9.30. The number of piperidine rings is 1. The summed E-state index contributed by atoms with van der Waals surface area (Å²) in [6, 6.07) is 15.3. The maximum Gasteiger partial charge on any atom is 0.331 e. The van der Waals surface area contributed by atoms with Crippen molar-refractivity contribution in [2.45, 2.75) is 58.8 Å². The zero-order chi connectivity index (χ0) is 25.1. The zero-order valence-corrected chi connectivity index (χ0v) is 21.7. The van der Waals surface area contributed by atoms with E-state index in [9.17, 15) is 13.2 Å². The highest BCUT2D eigenvalue weighted by atomic mass is 32.2. The first-order valence-corrected chi connectivity index (χ1v) is 14.2. The average molecular weight is 499 g/mol. The number of hydrogen-bond donors (Lipinski definition) is 1. The predicted octanol–water partition coefficient (Wildman–Crippen LogP) is 5.92. The van der Waals surface area contributed by atoms with Gasteiger partial charge < -0.3 is 9.64 Å². The van der Waals surface area contributed by atoms with Gasteiger partial charge >= 0.3 is 6.03 Å². The van der Waals surface area contributed by atoms with E-state index in [0.29, 0.717) is 19.0 Å². The molecule has 1 aliphatic rings. The Morgan fingerprint density at radius 3 is 2.66 bits per heavy atom. The normalized spacial score (nSPS) is 16.4. The quantitative estimate of drug-likeness (QED) is 0.390. The van der Waals surface area contributed by atoms with Crippen LogP contribution in [0.5, 0.6) is 5.75 Å². The first kappa shape index (κ1) is 26.8. The zero-order valence-electron chi connectivity index (χ0n) is 20.9. The Morgan fingerprint density at radius 2 is 1.91 bits per heavy atom. The van der Waals surface area contributed by atoms with Gasteiger partial charge in [-0.3, -0.25) is 0 Å². The molecule has 1 fully saturated rings. The third-order valence-electron chi connectivity index (χ3n) is 6.42. The number of likely N-dealkylation sites (tertiary alicyclic amines) is 1. The molecule has 1 atom stereocenters. The number of ether oxygens (including phenoxy) is 1. The standard InChI is InChI=1S/C28H38N2O4S/c1-3-4-20-34-27-16-14-24(15-17-27)10-7-11-25-12-8-19-30(22-25)28(31)29-35(32,33)21-18-26-13-6-5-9-23(26)2/h5-6,9,13-18,21,25H,3-4,7-8,10-12,19-20,22H2,1-2H3,(H,29,31)/b21-18+. The van der Waals surface area contributed by atoms with Gasteiger partial charge in [0.1, 0.15) is 5.75 Å². The van der Waals surface area contributed by atoms with Crippen LogP contribution < -0.4 is 9.46 Å². The Morgan fingerprint density at radius 1 is 1.14 bits per heavy atom. The Labute approximate surface area is 210 Å². The molecule has 0 spiro atoms. The van der Waals surface area contributed by atoms with Crippen LogP contribution in [0.2, 0.25) is 0 Å². The van der Waals surface area contributed by atoms with Crippen LogP contribution in [-0.4, -0.2) is 39.0 Å². The number of carbonyl (C=O) groups excluding carboxylic acids is 1. The number of aryl methyl sites for hydroxylation is 2. The van der Waals surface area contributed by atoms with Crippen molar-refractivity contribution in [1.29, 1.82) is 0 Å². The van der Waals surface area contributed by atoms with Gasteiger partial charge in [0.15, 0.2) is 0 Å². The second-order valence-corrected chi connectivity index (χ2v) is 10.9. The number of rotatable bonds is 11. The number of hydrogen-bond acceptors (Lipinski definition) is 4. The summed E-state index contributed by atoms with van der Waals surface area (Å²) in [5.74, 6) is 1.30. The summed E-state index contributed by atoms with van der Waals surface area (Å²) < 4.78 is 32.8. The van der Waals surface area contributed by atoms with Crippen molar-refractivity contribution in [3.8, 4) is 5.75 Å². The van der Waals surface area contributed by atoms with Gasteiger partial charge in [0.05, 0.1) is 12.0 Å². The van der Waals surface area contributed by atoms with Crippen LogP contribution in [0.4, 0.5) is 4.79 Å². The summed E-state index contributed by atoms with van der Waals surface area (Å²) in [6.07, 6.45) is 8.69. The molecule has 6 nitrogen and oxygen atoms in total. The highest BCUT2D eigenvalue weighted by molar-refractivity contribution is 7.93. The van der Waals surface area contributed by atoms with E-state index in [-0.39, 0.29) is 0 Å². The molecule has 7 heteroatoms. The molecule has 35 heavy (non-hydrogen) atoms. The van der Waals surface area contributed by atoms with Gasteiger partial charge in [-0.15, -0.1) is 0 Å². The number of urea groups is 1. The van der Waals surface area contributed by atoms with E-state index >= 15 is 0 Å². The van der Waals surface area contributed by atoms with Gasteiger partial charge in [0, 0.05) is 13.1 Å². The molecule has 1 unspecified atom stereocenters. The topological polar surface area (TPSA) is 75.7 Å². The predicted molar refractivity (Wildman–Crippen MR) is 142 cm³/mol. The summed E-state index contributed by atoms with van der Waals surface area (Å²) in [7, 11) is -3.86. The van der Waals surface area contributed by atoms with E-state index in [2.05, 4.69) is 23.8 Å². The Bertz CT molecular complexity index is 1080. The maximum absolute atomic E-state index is 12.6. The van der Waals surface area contributed by atoms with Crippen LogP contribution in [0.15, 0.2) is 53.9 Å². The lowest BCUT2D eigenvalue weighted by molar-refractivity contribution is 0.166. The van der Waals surface area contributed by atoms with Crippen molar-refractivity contribution < 1.29 is 17.9 Å². The Balaban J connectivity index is 1.43. The summed E-state index contributed by atoms with van der Waals surface area (Å²) >= 11 is 0. The number of sulfonamides is 1. The Kier molecular flexibility index (Phi) is 10.2. The molecule has 0 radical (unpaired) electrons. The van der Waals surface area contributed by atoms with Gasteiger partial charge in [0.25, 0.3) is 10.0 Å². The average Bonchev–Trinajstić information content (AvgIpc) is 2.85. The van der Waals surface area contributed by atoms with Crippen molar-refractivity contribution in [1.82, 2.24) is 9.62 Å². The number of carbonyl (C=O) groups is 1. The summed E-state index contributed by atoms with van der Waals surface area (Å²) in [5.41, 5.74) is 3.06. The number of nitrogens with one attached hydrogen (secondary N) is 1. The van der Waals surface area contributed by atoms with Crippen LogP contribution in [0.3, 0.4) is 0 Å². The minimum Gasteiger partial charge on any atom is -0.494 e. The Hall–Kier alpha value is -2.80. The molecular weight excluding hydrogens is 460 g/mol. The van der Waals surface area contributed by atoms with Gasteiger partial charge in [-0.1, -0.05) is 49.7 Å². The first-order chi connectivity index (χ1) is 16.9. The fourth-order valence-electron chi connectivity index (χ4n) is 4.32. The van der Waals surface area contributed by atoms with Gasteiger partial charge in [-0.05, 0) is 86.3 Å². The van der Waals surface area contributed by atoms with Gasteiger partial charge in [0.2, 0.25) is 0 Å². The van der Waals surface area contributed by atoms with Gasteiger partial charge in [-0.25, -0.2) is 17.9 Å². The lowest BCUT2D eigenvalue weighted by Crippen LogP contribution is -2.46. The van der Waals surface area contributed by atoms with Crippen LogP contribution in [0.25, 0.3) is 6.08 Å². The lowest BCUT2D eigenvalue weighted by Gasteiger charge is -2.32. The monoisotopic (exact) mass is 498 g/mol. The molecule has 0 aromatic heterocycles. The highest BCUT2D eigenvalue weighted by Gasteiger charge is 2.25. The largest absolute Gasteiger partial charge is 0.494 e. The van der Waals surface area contributed by atoms with E-state index in [1.54, 1.807) is 4.90 Å². The second kappa shape index (κ2) is 13.3. The first-order valence-electron chi connectivity index (χ1n) is 12.6. The van der Waals surface area contributed by atoms with E-state index < -0.39 is 16.1 Å². The molecule has 3 rings (SSSR count). The maximum atomic E-state index is 12.6. The minimum absolute atomic E-state index is 0.386. The molecule has 0 aliphatic carbocycles. The molecule has 0 saturated carbocycles. The minimum atomic E-state index is -3.86. The molecule has 2 aromatic carbocycles. The molecule has 1 N–H and O–H groups in total. The lowest BCUT2D eigenvalue weighted by atomic mass is 9.92. The van der Waals surface area contributed by atoms with E-state index in [1.165, 1.54) is 11.6 Å². The molecular formula is C28H38N2O4S. The van der Waals surface area contributed by atoms with Gasteiger partial charge in [-0.2, -0.15) is 0 Å². The molecule has 2 amide bonds. The van der Waals surface area contributed by atoms with Crippen LogP contribution in [-0.2, 0) is 16.4 Å². The molecule has 2 aromatic rings. The summed E-state index contributed by atoms with van der Waals surface area (Å²) in [4.78, 5) is 14.3. The fraction of sp³-hybridized carbons (Fsp3) is 0.464. The number of benzene rings is 2. The molecule has 1 aliphatic heterocycles. The fourth-order valence-corrected chi connectivity index (χ4v) is 5.09. The third kappa shape index (κ3) is 9.06. The molecule has 1 heterocycles. The number of nitrogens with zero attached hydrogens (tertiary/aromatic N) is 1. The van der Waals surface area contributed by atoms with Crippen molar-refractivity contribution in [2.24, 2.45) is 5.92 Å². The van der Waals surface area contributed by atoms with Crippen LogP contribution in [0.1, 0.15) is 62.1 Å². The number of unbranched alkanes of at least 4 members (excludes halogenated alkanes) is 1. The van der Waals surface area contributed by atoms with Crippen LogP contribution >= 0.6 is 0 Å². The van der Waals surface area contributed by atoms with Crippen LogP contribution in [0, 0.1) is 12.8 Å². The summed E-state index contributed by atoms with van der Waals surface area (Å²) in [6.45, 7) is 5.99. The van der Waals surface area contributed by atoms with Crippen molar-refractivity contribution >= 4 is 22.1 Å². The molecule has 1 saturated heterocycles. The molecule has 190 valence electrons.